The fourth-order valence-corrected chi connectivity index (χ4v) is 2.70. The zero-order valence-corrected chi connectivity index (χ0v) is 15.6. The van der Waals surface area contributed by atoms with Crippen LogP contribution in [0.4, 0.5) is 5.82 Å². The summed E-state index contributed by atoms with van der Waals surface area (Å²) in [6.45, 7) is 0.232. The van der Waals surface area contributed by atoms with Crippen LogP contribution in [0.3, 0.4) is 0 Å². The van der Waals surface area contributed by atoms with Crippen molar-refractivity contribution in [2.24, 2.45) is 0 Å². The molecule has 2 heterocycles. The van der Waals surface area contributed by atoms with Gasteiger partial charge in [0.25, 0.3) is 0 Å². The number of rotatable bonds is 7. The van der Waals surface area contributed by atoms with Crippen molar-refractivity contribution in [3.8, 4) is 5.75 Å². The fourth-order valence-electron chi connectivity index (χ4n) is 1.85. The molecule has 0 atom stereocenters. The molecule has 3 rings (SSSR count). The van der Waals surface area contributed by atoms with E-state index in [0.717, 1.165) is 0 Å². The van der Waals surface area contributed by atoms with E-state index >= 15 is 0 Å². The maximum Gasteiger partial charge on any atom is 0.236 e. The lowest BCUT2D eigenvalue weighted by molar-refractivity contribution is -0.113. The molecular formula is C16H13Cl2N5O2S. The molecule has 0 aliphatic heterocycles. The van der Waals surface area contributed by atoms with Gasteiger partial charge < -0.3 is 10.1 Å². The van der Waals surface area contributed by atoms with E-state index in [-0.39, 0.29) is 18.3 Å². The lowest BCUT2D eigenvalue weighted by atomic mass is 10.3. The van der Waals surface area contributed by atoms with E-state index in [0.29, 0.717) is 32.6 Å². The number of nitrogens with one attached hydrogen (secondary N) is 2. The van der Waals surface area contributed by atoms with Gasteiger partial charge in [0, 0.05) is 11.2 Å². The summed E-state index contributed by atoms with van der Waals surface area (Å²) in [4.78, 5) is 20.2. The number of ether oxygens (including phenoxy) is 1. The molecule has 3 aromatic rings. The first-order chi connectivity index (χ1) is 12.6. The highest BCUT2D eigenvalue weighted by atomic mass is 35.5. The Hall–Kier alpha value is -2.29. The molecule has 0 bridgehead atoms. The van der Waals surface area contributed by atoms with E-state index in [9.17, 15) is 4.79 Å². The van der Waals surface area contributed by atoms with Gasteiger partial charge in [0.05, 0.1) is 10.8 Å². The minimum absolute atomic E-state index is 0.152. The van der Waals surface area contributed by atoms with Crippen LogP contribution in [0.1, 0.15) is 5.82 Å². The Morgan fingerprint density at radius 1 is 1.15 bits per heavy atom. The van der Waals surface area contributed by atoms with E-state index in [1.165, 1.54) is 18.0 Å². The van der Waals surface area contributed by atoms with Gasteiger partial charge in [0.2, 0.25) is 11.1 Å². The number of benzene rings is 1. The zero-order chi connectivity index (χ0) is 18.4. The first-order valence-corrected chi connectivity index (χ1v) is 9.16. The van der Waals surface area contributed by atoms with Gasteiger partial charge in [-0.25, -0.2) is 9.97 Å². The van der Waals surface area contributed by atoms with E-state index in [1.54, 1.807) is 36.4 Å². The Morgan fingerprint density at radius 2 is 1.92 bits per heavy atom. The van der Waals surface area contributed by atoms with Gasteiger partial charge in [0.1, 0.15) is 18.2 Å². The molecule has 1 amide bonds. The van der Waals surface area contributed by atoms with Crippen molar-refractivity contribution in [3.63, 3.8) is 0 Å². The number of nitrogens with zero attached hydrogens (tertiary/aromatic N) is 3. The van der Waals surface area contributed by atoms with Crippen LogP contribution in [-0.4, -0.2) is 31.8 Å². The van der Waals surface area contributed by atoms with Crippen LogP contribution >= 0.6 is 35.0 Å². The number of pyridine rings is 1. The Balaban J connectivity index is 1.45. The SMILES string of the molecule is O=C(CSc1n[nH]c(COc2ccc(Cl)cc2)n1)Nc1ccc(Cl)cn1. The predicted molar refractivity (Wildman–Crippen MR) is 101 cm³/mol. The first kappa shape index (κ1) is 18.5. The van der Waals surface area contributed by atoms with Gasteiger partial charge in [0.15, 0.2) is 5.82 Å². The third kappa shape index (κ3) is 5.62. The van der Waals surface area contributed by atoms with E-state index < -0.39 is 0 Å². The van der Waals surface area contributed by atoms with Gasteiger partial charge in [-0.2, -0.15) is 0 Å². The molecule has 26 heavy (non-hydrogen) atoms. The van der Waals surface area contributed by atoms with Crippen LogP contribution in [-0.2, 0) is 11.4 Å². The molecule has 134 valence electrons. The number of halogens is 2. The molecule has 0 fully saturated rings. The second kappa shape index (κ2) is 8.88. The van der Waals surface area contributed by atoms with Gasteiger partial charge >= 0.3 is 0 Å². The smallest absolute Gasteiger partial charge is 0.236 e. The van der Waals surface area contributed by atoms with Crippen LogP contribution in [0.2, 0.25) is 10.0 Å². The number of thioether (sulfide) groups is 1. The van der Waals surface area contributed by atoms with Crippen molar-refractivity contribution in [1.29, 1.82) is 0 Å². The molecular weight excluding hydrogens is 397 g/mol. The summed E-state index contributed by atoms with van der Waals surface area (Å²) in [7, 11) is 0. The Morgan fingerprint density at radius 3 is 2.65 bits per heavy atom. The summed E-state index contributed by atoms with van der Waals surface area (Å²) in [6, 6.07) is 10.3. The predicted octanol–water partition coefficient (Wildman–Crippen LogP) is 3.82. The summed E-state index contributed by atoms with van der Waals surface area (Å²) in [5.74, 6) is 1.61. The lowest BCUT2D eigenvalue weighted by Crippen LogP contribution is -2.14. The van der Waals surface area contributed by atoms with E-state index in [1.807, 2.05) is 0 Å². The average molecular weight is 410 g/mol. The molecule has 0 saturated heterocycles. The standard InChI is InChI=1S/C16H13Cl2N5O2S/c17-10-1-4-12(5-2-10)25-8-14-21-16(23-22-14)26-9-15(24)20-13-6-3-11(18)7-19-13/h1-7H,8-9H2,(H,19,20,24)(H,21,22,23). The number of carbonyl (C=O) groups is 1. The monoisotopic (exact) mass is 409 g/mol. The van der Waals surface area contributed by atoms with E-state index in [4.69, 9.17) is 27.9 Å². The maximum absolute atomic E-state index is 11.9. The number of aromatic nitrogens is 4. The normalized spacial score (nSPS) is 10.5. The Bertz CT molecular complexity index is 871. The van der Waals surface area contributed by atoms with Gasteiger partial charge in [-0.1, -0.05) is 35.0 Å². The van der Waals surface area contributed by atoms with Crippen LogP contribution in [0.5, 0.6) is 5.75 Å². The number of aromatic amines is 1. The number of anilines is 1. The number of hydrogen-bond donors (Lipinski definition) is 2. The Labute approximate surface area is 163 Å². The Kier molecular flexibility index (Phi) is 6.32. The second-order valence-corrected chi connectivity index (χ2v) is 6.82. The maximum atomic E-state index is 11.9. The molecule has 2 aromatic heterocycles. The van der Waals surface area contributed by atoms with Crippen molar-refractivity contribution in [3.05, 3.63) is 58.5 Å². The molecule has 0 unspecified atom stereocenters. The average Bonchev–Trinajstić information content (AvgIpc) is 3.09. The molecule has 0 aliphatic rings. The zero-order valence-electron chi connectivity index (χ0n) is 13.3. The summed E-state index contributed by atoms with van der Waals surface area (Å²) >= 11 is 12.8. The van der Waals surface area contributed by atoms with Crippen LogP contribution < -0.4 is 10.1 Å². The molecule has 0 spiro atoms. The minimum Gasteiger partial charge on any atom is -0.486 e. The molecule has 0 saturated carbocycles. The first-order valence-electron chi connectivity index (χ1n) is 7.42. The van der Waals surface area contributed by atoms with Crippen LogP contribution in [0.15, 0.2) is 47.8 Å². The van der Waals surface area contributed by atoms with Crippen LogP contribution in [0.25, 0.3) is 0 Å². The summed E-state index contributed by atoms with van der Waals surface area (Å²) in [5.41, 5.74) is 0. The molecule has 0 aliphatic carbocycles. The summed E-state index contributed by atoms with van der Waals surface area (Å²) in [5, 5.41) is 11.1. The van der Waals surface area contributed by atoms with Crippen molar-refractivity contribution in [1.82, 2.24) is 20.2 Å². The molecule has 7 nitrogen and oxygen atoms in total. The third-order valence-corrected chi connectivity index (χ3v) is 4.35. The number of amides is 1. The van der Waals surface area contributed by atoms with Crippen molar-refractivity contribution in [2.45, 2.75) is 11.8 Å². The lowest BCUT2D eigenvalue weighted by Gasteiger charge is -2.03. The van der Waals surface area contributed by atoms with Gasteiger partial charge in [-0.05, 0) is 36.4 Å². The highest BCUT2D eigenvalue weighted by Gasteiger charge is 2.09. The van der Waals surface area contributed by atoms with Gasteiger partial charge in [-0.3, -0.25) is 9.89 Å². The second-order valence-electron chi connectivity index (χ2n) is 5.01. The number of carbonyl (C=O) groups excluding carboxylic acids is 1. The molecule has 1 aromatic carbocycles. The highest BCUT2D eigenvalue weighted by Crippen LogP contribution is 2.17. The number of H-pyrrole nitrogens is 1. The highest BCUT2D eigenvalue weighted by molar-refractivity contribution is 7.99. The fraction of sp³-hybridized carbons (Fsp3) is 0.125. The van der Waals surface area contributed by atoms with Crippen molar-refractivity contribution in [2.75, 3.05) is 11.1 Å². The van der Waals surface area contributed by atoms with Gasteiger partial charge in [-0.15, -0.1) is 5.10 Å². The molecule has 2 N–H and O–H groups in total. The quantitative estimate of drug-likeness (QED) is 0.576. The topological polar surface area (TPSA) is 92.8 Å². The minimum atomic E-state index is -0.214. The third-order valence-electron chi connectivity index (χ3n) is 3.03. The molecule has 10 heteroatoms. The van der Waals surface area contributed by atoms with Crippen LogP contribution in [0, 0.1) is 0 Å². The number of hydrogen-bond acceptors (Lipinski definition) is 6. The van der Waals surface area contributed by atoms with E-state index in [2.05, 4.69) is 25.5 Å². The summed E-state index contributed by atoms with van der Waals surface area (Å²) < 4.78 is 5.57. The van der Waals surface area contributed by atoms with Crippen molar-refractivity contribution >= 4 is 46.7 Å². The largest absolute Gasteiger partial charge is 0.486 e. The molecule has 0 radical (unpaired) electrons. The summed E-state index contributed by atoms with van der Waals surface area (Å²) in [6.07, 6.45) is 1.46. The van der Waals surface area contributed by atoms with Crippen molar-refractivity contribution < 1.29 is 9.53 Å².